The highest BCUT2D eigenvalue weighted by atomic mass is 16.2. The highest BCUT2D eigenvalue weighted by Gasteiger charge is 2.22. The number of amides is 1. The van der Waals surface area contributed by atoms with Crippen LogP contribution in [0.5, 0.6) is 0 Å². The lowest BCUT2D eigenvalue weighted by atomic mass is 10.2. The first-order chi connectivity index (χ1) is 12.7. The van der Waals surface area contributed by atoms with Crippen molar-refractivity contribution in [2.45, 2.75) is 33.1 Å². The molecular weight excluding hydrogens is 330 g/mol. The molecule has 3 aromatic rings. The van der Waals surface area contributed by atoms with Gasteiger partial charge in [-0.15, -0.1) is 0 Å². The van der Waals surface area contributed by atoms with Crippen LogP contribution in [0.25, 0.3) is 0 Å². The highest BCUT2D eigenvalue weighted by molar-refractivity contribution is 6.02. The lowest BCUT2D eigenvalue weighted by Crippen LogP contribution is -2.34. The number of hydrogen-bond acceptors (Lipinski definition) is 5. The van der Waals surface area contributed by atoms with Crippen molar-refractivity contribution in [1.29, 1.82) is 0 Å². The van der Waals surface area contributed by atoms with Crippen LogP contribution in [-0.4, -0.2) is 41.9 Å². The fourth-order valence-corrected chi connectivity index (χ4v) is 3.16. The van der Waals surface area contributed by atoms with E-state index in [0.29, 0.717) is 5.69 Å². The second-order valence-corrected chi connectivity index (χ2v) is 6.27. The first-order valence-electron chi connectivity index (χ1n) is 8.75. The molecule has 1 N–H and O–H groups in total. The number of para-hydroxylation sites is 1. The molecule has 0 saturated carbocycles. The van der Waals surface area contributed by atoms with Crippen LogP contribution in [0, 0.1) is 0 Å². The highest BCUT2D eigenvalue weighted by Crippen LogP contribution is 2.17. The molecule has 0 radical (unpaired) electrons. The van der Waals surface area contributed by atoms with Gasteiger partial charge in [-0.25, -0.2) is 9.67 Å². The van der Waals surface area contributed by atoms with Crippen LogP contribution in [0.15, 0.2) is 42.7 Å². The van der Waals surface area contributed by atoms with E-state index in [2.05, 4.69) is 32.3 Å². The molecule has 4 rings (SSSR count). The van der Waals surface area contributed by atoms with Crippen molar-refractivity contribution < 1.29 is 4.79 Å². The van der Waals surface area contributed by atoms with Gasteiger partial charge in [0.25, 0.3) is 5.91 Å². The maximum atomic E-state index is 12.4. The Kier molecular flexibility index (Phi) is 4.49. The van der Waals surface area contributed by atoms with Crippen LogP contribution >= 0.6 is 0 Å². The fourth-order valence-electron chi connectivity index (χ4n) is 3.16. The van der Waals surface area contributed by atoms with E-state index in [-0.39, 0.29) is 5.91 Å². The van der Waals surface area contributed by atoms with Crippen molar-refractivity contribution in [2.75, 3.05) is 11.9 Å². The fraction of sp³-hybridized carbons (Fsp3) is 0.333. The molecule has 3 heterocycles. The van der Waals surface area contributed by atoms with Crippen LogP contribution < -0.4 is 5.32 Å². The van der Waals surface area contributed by atoms with Gasteiger partial charge in [0.2, 0.25) is 0 Å². The summed E-state index contributed by atoms with van der Waals surface area (Å²) in [6.45, 7) is 5.97. The molecule has 1 amide bonds. The van der Waals surface area contributed by atoms with Crippen molar-refractivity contribution in [1.82, 2.24) is 29.4 Å². The molecular formula is C18H21N7O. The smallest absolute Gasteiger partial charge is 0.276 e. The summed E-state index contributed by atoms with van der Waals surface area (Å²) in [5, 5.41) is 11.6. The number of benzene rings is 1. The zero-order valence-corrected chi connectivity index (χ0v) is 14.7. The van der Waals surface area contributed by atoms with E-state index in [9.17, 15) is 4.79 Å². The Bertz CT molecular complexity index is 899. The van der Waals surface area contributed by atoms with E-state index in [1.165, 1.54) is 0 Å². The van der Waals surface area contributed by atoms with Crippen LogP contribution in [-0.2, 0) is 26.2 Å². The predicted octanol–water partition coefficient (Wildman–Crippen LogP) is 1.76. The summed E-state index contributed by atoms with van der Waals surface area (Å²) in [6.07, 6.45) is 1.60. The summed E-state index contributed by atoms with van der Waals surface area (Å²) >= 11 is 0. The molecule has 1 aliphatic heterocycles. The third kappa shape index (κ3) is 3.36. The van der Waals surface area contributed by atoms with E-state index in [1.54, 1.807) is 6.33 Å². The number of hydrogen-bond donors (Lipinski definition) is 1. The van der Waals surface area contributed by atoms with Gasteiger partial charge in [0, 0.05) is 25.3 Å². The van der Waals surface area contributed by atoms with Gasteiger partial charge in [0.05, 0.1) is 18.8 Å². The first kappa shape index (κ1) is 16.5. The number of nitrogens with zero attached hydrogens (tertiary/aromatic N) is 6. The summed E-state index contributed by atoms with van der Waals surface area (Å²) < 4.78 is 3.82. The minimum atomic E-state index is -0.185. The summed E-state index contributed by atoms with van der Waals surface area (Å²) in [4.78, 5) is 19.1. The zero-order valence-electron chi connectivity index (χ0n) is 14.7. The average molecular weight is 351 g/mol. The Morgan fingerprint density at radius 2 is 2.08 bits per heavy atom. The third-order valence-corrected chi connectivity index (χ3v) is 4.50. The van der Waals surface area contributed by atoms with E-state index >= 15 is 0 Å². The maximum absolute atomic E-state index is 12.4. The number of anilines is 1. The Balaban J connectivity index is 1.44. The van der Waals surface area contributed by atoms with E-state index in [0.717, 1.165) is 49.9 Å². The lowest BCUT2D eigenvalue weighted by Gasteiger charge is -2.26. The predicted molar refractivity (Wildman–Crippen MR) is 96.4 cm³/mol. The molecule has 0 saturated heterocycles. The normalized spacial score (nSPS) is 14.2. The molecule has 26 heavy (non-hydrogen) atoms. The minimum absolute atomic E-state index is 0.185. The van der Waals surface area contributed by atoms with Crippen molar-refractivity contribution in [3.63, 3.8) is 0 Å². The van der Waals surface area contributed by atoms with Gasteiger partial charge in [-0.3, -0.25) is 14.4 Å². The van der Waals surface area contributed by atoms with Crippen LogP contribution in [0.4, 0.5) is 5.69 Å². The van der Waals surface area contributed by atoms with Crippen molar-refractivity contribution in [3.05, 3.63) is 59.9 Å². The van der Waals surface area contributed by atoms with Crippen LogP contribution in [0.1, 0.15) is 28.9 Å². The zero-order chi connectivity index (χ0) is 17.9. The number of aryl methyl sites for hydroxylation is 1. The average Bonchev–Trinajstić information content (AvgIpc) is 3.28. The third-order valence-electron chi connectivity index (χ3n) is 4.50. The summed E-state index contributed by atoms with van der Waals surface area (Å²) in [6, 6.07) is 11.3. The van der Waals surface area contributed by atoms with Gasteiger partial charge >= 0.3 is 0 Å². The molecule has 1 aliphatic rings. The summed E-state index contributed by atoms with van der Waals surface area (Å²) in [5.74, 6) is 0.776. The molecule has 1 aromatic carbocycles. The molecule has 2 aromatic heterocycles. The number of fused-ring (bicyclic) bond motifs is 1. The summed E-state index contributed by atoms with van der Waals surface area (Å²) in [7, 11) is 0. The number of nitrogens with one attached hydrogen (secondary N) is 1. The van der Waals surface area contributed by atoms with Gasteiger partial charge < -0.3 is 5.32 Å². The Morgan fingerprint density at radius 1 is 1.23 bits per heavy atom. The molecule has 134 valence electrons. The second-order valence-electron chi connectivity index (χ2n) is 6.27. The largest absolute Gasteiger partial charge is 0.321 e. The number of aromatic nitrogens is 5. The molecule has 0 aliphatic carbocycles. The van der Waals surface area contributed by atoms with E-state index in [1.807, 2.05) is 45.8 Å². The molecule has 0 unspecified atom stereocenters. The van der Waals surface area contributed by atoms with Gasteiger partial charge in [-0.1, -0.05) is 18.2 Å². The van der Waals surface area contributed by atoms with Crippen molar-refractivity contribution in [2.24, 2.45) is 0 Å². The maximum Gasteiger partial charge on any atom is 0.276 e. The standard InChI is InChI=1S/C18H21N7O/c1-2-24-17(19-13-20-24)12-23-8-9-25-15(11-23)10-16(22-25)18(26)21-14-6-4-3-5-7-14/h3-7,10,13H,2,8-9,11-12H2,1H3,(H,21,26). The van der Waals surface area contributed by atoms with Crippen molar-refractivity contribution in [3.8, 4) is 0 Å². The quantitative estimate of drug-likeness (QED) is 0.758. The van der Waals surface area contributed by atoms with Gasteiger partial charge in [-0.05, 0) is 25.1 Å². The molecule has 0 spiro atoms. The topological polar surface area (TPSA) is 80.9 Å². The Morgan fingerprint density at radius 3 is 2.88 bits per heavy atom. The molecule has 8 heteroatoms. The van der Waals surface area contributed by atoms with Gasteiger partial charge in [-0.2, -0.15) is 10.2 Å². The second kappa shape index (κ2) is 7.09. The van der Waals surface area contributed by atoms with Gasteiger partial charge in [0.15, 0.2) is 5.69 Å². The monoisotopic (exact) mass is 351 g/mol. The Hall–Kier alpha value is -3.00. The molecule has 0 fully saturated rings. The molecule has 8 nitrogen and oxygen atoms in total. The SMILES string of the molecule is CCn1ncnc1CN1CCn2nc(C(=O)Nc3ccccc3)cc2C1. The van der Waals surface area contributed by atoms with Crippen molar-refractivity contribution >= 4 is 11.6 Å². The van der Waals surface area contributed by atoms with Gasteiger partial charge in [0.1, 0.15) is 12.2 Å². The first-order valence-corrected chi connectivity index (χ1v) is 8.75. The van der Waals surface area contributed by atoms with E-state index in [4.69, 9.17) is 0 Å². The minimum Gasteiger partial charge on any atom is -0.321 e. The number of carbonyl (C=O) groups is 1. The Labute approximate surface area is 151 Å². The molecule has 0 atom stereocenters. The number of rotatable bonds is 5. The van der Waals surface area contributed by atoms with E-state index < -0.39 is 0 Å². The number of carbonyl (C=O) groups excluding carboxylic acids is 1. The molecule has 0 bridgehead atoms. The van der Waals surface area contributed by atoms with Crippen LogP contribution in [0.2, 0.25) is 0 Å². The van der Waals surface area contributed by atoms with Crippen LogP contribution in [0.3, 0.4) is 0 Å². The lowest BCUT2D eigenvalue weighted by molar-refractivity contribution is 0.102. The summed E-state index contributed by atoms with van der Waals surface area (Å²) in [5.41, 5.74) is 2.25.